The van der Waals surface area contributed by atoms with E-state index in [0.29, 0.717) is 0 Å². The molecule has 0 saturated heterocycles. The Hall–Kier alpha value is -3.16. The maximum atomic E-state index is 4.82. The van der Waals surface area contributed by atoms with Gasteiger partial charge in [-0.1, -0.05) is 140 Å². The SMILES string of the molecule is CCCCC(CC)Cc1ccc(-c2ccc(-c3ccc(-c4cc5sc(-c6ccc(CC(CC)CCCC)cc6)cc5s4)c4nsnc34)s2)cc1. The molecule has 2 atom stereocenters. The van der Waals surface area contributed by atoms with Gasteiger partial charge in [0, 0.05) is 40.0 Å². The summed E-state index contributed by atoms with van der Waals surface area (Å²) in [6.45, 7) is 9.25. The summed E-state index contributed by atoms with van der Waals surface area (Å²) < 4.78 is 12.3. The molecule has 0 aliphatic heterocycles. The number of aromatic nitrogens is 2. The van der Waals surface area contributed by atoms with Crippen LogP contribution in [0.15, 0.2) is 84.9 Å². The lowest BCUT2D eigenvalue weighted by Gasteiger charge is -2.14. The van der Waals surface area contributed by atoms with Crippen molar-refractivity contribution in [3.05, 3.63) is 96.1 Å². The second-order valence-electron chi connectivity index (χ2n) is 13.9. The number of benzene rings is 3. The molecule has 0 radical (unpaired) electrons. The van der Waals surface area contributed by atoms with Crippen molar-refractivity contribution in [3.8, 4) is 41.8 Å². The molecule has 0 fully saturated rings. The van der Waals surface area contributed by atoms with E-state index in [1.165, 1.54) is 138 Å². The quantitative estimate of drug-likeness (QED) is 0.0988. The number of hydrogen-bond donors (Lipinski definition) is 0. The highest BCUT2D eigenvalue weighted by molar-refractivity contribution is 7.31. The lowest BCUT2D eigenvalue weighted by molar-refractivity contribution is 0.449. The van der Waals surface area contributed by atoms with Gasteiger partial charge in [0.15, 0.2) is 0 Å². The average molecular weight is 733 g/mol. The fourth-order valence-corrected chi connectivity index (χ4v) is 11.2. The summed E-state index contributed by atoms with van der Waals surface area (Å²) >= 11 is 6.93. The van der Waals surface area contributed by atoms with Crippen LogP contribution >= 0.6 is 45.7 Å². The van der Waals surface area contributed by atoms with Crippen LogP contribution in [0.5, 0.6) is 0 Å². The topological polar surface area (TPSA) is 25.8 Å². The molecule has 6 heteroatoms. The van der Waals surface area contributed by atoms with E-state index < -0.39 is 0 Å². The number of nitrogens with zero attached hydrogens (tertiary/aromatic N) is 2. The van der Waals surface area contributed by atoms with Gasteiger partial charge in [-0.25, -0.2) is 0 Å². The lowest BCUT2D eigenvalue weighted by Crippen LogP contribution is -2.03. The molecule has 0 bridgehead atoms. The highest BCUT2D eigenvalue weighted by Crippen LogP contribution is 2.45. The largest absolute Gasteiger partial charge is 0.172 e. The van der Waals surface area contributed by atoms with Crippen molar-refractivity contribution < 1.29 is 0 Å². The highest BCUT2D eigenvalue weighted by Gasteiger charge is 2.18. The molecule has 0 saturated carbocycles. The fraction of sp³-hybridized carbons (Fsp3) is 0.364. The molecule has 3 aromatic carbocycles. The molecular weight excluding hydrogens is 685 g/mol. The van der Waals surface area contributed by atoms with Gasteiger partial charge in [-0.15, -0.1) is 34.0 Å². The van der Waals surface area contributed by atoms with Crippen molar-refractivity contribution in [1.82, 2.24) is 8.75 Å². The molecule has 7 rings (SSSR count). The van der Waals surface area contributed by atoms with Crippen molar-refractivity contribution in [3.63, 3.8) is 0 Å². The second kappa shape index (κ2) is 16.5. The van der Waals surface area contributed by atoms with E-state index >= 15 is 0 Å². The van der Waals surface area contributed by atoms with E-state index in [1.807, 2.05) is 34.0 Å². The minimum Gasteiger partial charge on any atom is -0.172 e. The van der Waals surface area contributed by atoms with Crippen LogP contribution in [0.25, 0.3) is 62.2 Å². The number of thiophene rings is 3. The van der Waals surface area contributed by atoms with Crippen molar-refractivity contribution >= 4 is 66.2 Å². The van der Waals surface area contributed by atoms with Crippen LogP contribution in [-0.2, 0) is 12.8 Å². The van der Waals surface area contributed by atoms with Gasteiger partial charge in [0.05, 0.1) is 11.7 Å². The molecule has 7 aromatic rings. The van der Waals surface area contributed by atoms with Gasteiger partial charge in [0.2, 0.25) is 0 Å². The van der Waals surface area contributed by atoms with Crippen molar-refractivity contribution in [2.45, 2.75) is 91.9 Å². The monoisotopic (exact) mass is 732 g/mol. The molecule has 0 aliphatic rings. The van der Waals surface area contributed by atoms with Crippen LogP contribution < -0.4 is 0 Å². The molecule has 4 aromatic heterocycles. The first-order chi connectivity index (χ1) is 24.6. The van der Waals surface area contributed by atoms with Gasteiger partial charge in [-0.05, 0) is 71.2 Å². The fourth-order valence-electron chi connectivity index (χ4n) is 7.18. The molecule has 0 amide bonds. The van der Waals surface area contributed by atoms with E-state index in [9.17, 15) is 0 Å². The van der Waals surface area contributed by atoms with Crippen LogP contribution in [0.4, 0.5) is 0 Å². The first kappa shape index (κ1) is 35.3. The standard InChI is InChI=1S/C44H48N2S4/c1-5-9-11-29(7-3)25-31-13-17-33(18-14-31)37-23-24-38(47-37)35-21-22-36(44-43(35)45-50-46-44)40-28-42-41(49-40)27-39(48-42)34-19-15-32(16-20-34)26-30(8-4)12-10-6-2/h13-24,27-30H,5-12,25-26H2,1-4H3. The highest BCUT2D eigenvalue weighted by atomic mass is 32.1. The van der Waals surface area contributed by atoms with Gasteiger partial charge in [-0.2, -0.15) is 8.75 Å². The Morgan fingerprint density at radius 2 is 0.980 bits per heavy atom. The molecule has 2 nitrogen and oxygen atoms in total. The molecule has 0 spiro atoms. The molecule has 0 aliphatic carbocycles. The number of rotatable bonds is 16. The second-order valence-corrected chi connectivity index (χ2v) is 17.7. The summed E-state index contributed by atoms with van der Waals surface area (Å²) in [4.78, 5) is 5.15. The number of unbranched alkanes of at least 4 members (excludes halogenated alkanes) is 2. The normalized spacial score (nSPS) is 13.0. The van der Waals surface area contributed by atoms with Gasteiger partial charge in [0.25, 0.3) is 0 Å². The van der Waals surface area contributed by atoms with Gasteiger partial charge >= 0.3 is 0 Å². The molecule has 4 heterocycles. The van der Waals surface area contributed by atoms with E-state index in [4.69, 9.17) is 8.75 Å². The Balaban J connectivity index is 1.07. The summed E-state index contributed by atoms with van der Waals surface area (Å²) in [6.07, 6.45) is 12.8. The maximum absolute atomic E-state index is 4.82. The summed E-state index contributed by atoms with van der Waals surface area (Å²) in [5, 5.41) is 0. The summed E-state index contributed by atoms with van der Waals surface area (Å²) in [6, 6.07) is 32.4. The predicted octanol–water partition coefficient (Wildman–Crippen LogP) is 15.2. The Morgan fingerprint density at radius 3 is 1.52 bits per heavy atom. The zero-order chi connectivity index (χ0) is 34.5. The van der Waals surface area contributed by atoms with E-state index in [0.717, 1.165) is 22.9 Å². The Bertz CT molecular complexity index is 2100. The van der Waals surface area contributed by atoms with Crippen LogP contribution in [0.1, 0.15) is 90.2 Å². The minimum absolute atomic E-state index is 0.788. The Morgan fingerprint density at radius 1 is 0.500 bits per heavy atom. The average Bonchev–Trinajstić information content (AvgIpc) is 3.97. The van der Waals surface area contributed by atoms with E-state index in [2.05, 4.69) is 113 Å². The first-order valence-electron chi connectivity index (χ1n) is 18.6. The minimum atomic E-state index is 0.788. The van der Waals surface area contributed by atoms with Gasteiger partial charge in [0.1, 0.15) is 11.0 Å². The summed E-state index contributed by atoms with van der Waals surface area (Å²) in [7, 11) is 0. The van der Waals surface area contributed by atoms with Gasteiger partial charge < -0.3 is 0 Å². The molecule has 2 unspecified atom stereocenters. The van der Waals surface area contributed by atoms with Crippen LogP contribution in [-0.4, -0.2) is 8.75 Å². The van der Waals surface area contributed by atoms with E-state index in [1.54, 1.807) is 0 Å². The summed E-state index contributed by atoms with van der Waals surface area (Å²) in [5.41, 5.74) is 9.90. The maximum Gasteiger partial charge on any atom is 0.114 e. The van der Waals surface area contributed by atoms with Crippen LogP contribution in [0.2, 0.25) is 0 Å². The molecular formula is C44H48N2S4. The van der Waals surface area contributed by atoms with Crippen LogP contribution in [0, 0.1) is 11.8 Å². The van der Waals surface area contributed by atoms with Crippen molar-refractivity contribution in [1.29, 1.82) is 0 Å². The Labute approximate surface area is 314 Å². The van der Waals surface area contributed by atoms with Gasteiger partial charge in [-0.3, -0.25) is 0 Å². The Kier molecular flexibility index (Phi) is 11.6. The third-order valence-corrected chi connectivity index (χ3v) is 14.4. The zero-order valence-electron chi connectivity index (χ0n) is 29.8. The molecule has 50 heavy (non-hydrogen) atoms. The third-order valence-electron chi connectivity index (χ3n) is 10.4. The summed E-state index contributed by atoms with van der Waals surface area (Å²) in [5.74, 6) is 1.58. The number of hydrogen-bond acceptors (Lipinski definition) is 6. The lowest BCUT2D eigenvalue weighted by atomic mass is 9.91. The smallest absolute Gasteiger partial charge is 0.114 e. The molecule has 0 N–H and O–H groups in total. The number of fused-ring (bicyclic) bond motifs is 2. The first-order valence-corrected chi connectivity index (χ1v) is 21.8. The van der Waals surface area contributed by atoms with E-state index in [-0.39, 0.29) is 0 Å². The van der Waals surface area contributed by atoms with Crippen molar-refractivity contribution in [2.75, 3.05) is 0 Å². The van der Waals surface area contributed by atoms with Crippen LogP contribution in [0.3, 0.4) is 0 Å². The van der Waals surface area contributed by atoms with Crippen molar-refractivity contribution in [2.24, 2.45) is 11.8 Å². The predicted molar refractivity (Wildman–Crippen MR) is 224 cm³/mol. The third kappa shape index (κ3) is 7.84. The molecule has 258 valence electrons. The zero-order valence-corrected chi connectivity index (χ0v) is 33.1.